The first kappa shape index (κ1) is 23.0. The second kappa shape index (κ2) is 11.6. The zero-order valence-corrected chi connectivity index (χ0v) is 17.0. The van der Waals surface area contributed by atoms with Crippen LogP contribution in [0.5, 0.6) is 0 Å². The van der Waals surface area contributed by atoms with Crippen LogP contribution >= 0.6 is 12.6 Å². The van der Waals surface area contributed by atoms with E-state index in [-0.39, 0.29) is 29.3 Å². The lowest BCUT2D eigenvalue weighted by Crippen LogP contribution is -2.47. The third-order valence-corrected chi connectivity index (χ3v) is 4.62. The predicted octanol–water partition coefficient (Wildman–Crippen LogP) is 3.80. The van der Waals surface area contributed by atoms with Gasteiger partial charge in [-0.2, -0.15) is 12.6 Å². The summed E-state index contributed by atoms with van der Waals surface area (Å²) in [5, 5.41) is 16.3. The molecule has 8 heteroatoms. The van der Waals surface area contributed by atoms with E-state index in [1.165, 1.54) is 24.3 Å². The number of non-ortho nitro benzene ring substituents is 1. The van der Waals surface area contributed by atoms with Crippen molar-refractivity contribution in [1.82, 2.24) is 5.32 Å². The fraction of sp³-hybridized carbons (Fsp3) is 0.579. The van der Waals surface area contributed by atoms with Gasteiger partial charge >= 0.3 is 0 Å². The highest BCUT2D eigenvalue weighted by molar-refractivity contribution is 7.80. The number of benzene rings is 1. The van der Waals surface area contributed by atoms with Crippen LogP contribution in [0.2, 0.25) is 0 Å². The minimum Gasteiger partial charge on any atom is -0.344 e. The number of hydrogen-bond acceptors (Lipinski definition) is 5. The molecule has 7 nitrogen and oxygen atoms in total. The number of nitro groups is 1. The van der Waals surface area contributed by atoms with Crippen LogP contribution in [0.3, 0.4) is 0 Å². The zero-order chi connectivity index (χ0) is 20.4. The first-order valence-electron chi connectivity index (χ1n) is 9.25. The number of carbonyl (C=O) groups excluding carboxylic acids is 2. The molecule has 1 aromatic rings. The van der Waals surface area contributed by atoms with Crippen molar-refractivity contribution in [2.24, 2.45) is 11.8 Å². The Morgan fingerprint density at radius 2 is 1.81 bits per heavy atom. The van der Waals surface area contributed by atoms with Gasteiger partial charge < -0.3 is 10.6 Å². The van der Waals surface area contributed by atoms with Crippen molar-refractivity contribution in [2.45, 2.75) is 52.5 Å². The number of carbonyl (C=O) groups is 2. The summed E-state index contributed by atoms with van der Waals surface area (Å²) in [6, 6.07) is 4.93. The molecule has 1 aromatic carbocycles. The largest absolute Gasteiger partial charge is 0.344 e. The molecule has 0 saturated heterocycles. The van der Waals surface area contributed by atoms with Crippen molar-refractivity contribution in [1.29, 1.82) is 0 Å². The highest BCUT2D eigenvalue weighted by atomic mass is 32.1. The Morgan fingerprint density at radius 1 is 1.19 bits per heavy atom. The topological polar surface area (TPSA) is 101 Å². The second-order valence-corrected chi connectivity index (χ2v) is 7.37. The highest BCUT2D eigenvalue weighted by Crippen LogP contribution is 2.17. The Bertz CT molecular complexity index is 634. The average molecular weight is 396 g/mol. The summed E-state index contributed by atoms with van der Waals surface area (Å²) >= 11 is 4.26. The van der Waals surface area contributed by atoms with Crippen LogP contribution in [0.4, 0.5) is 11.4 Å². The van der Waals surface area contributed by atoms with Crippen molar-refractivity contribution in [3.63, 3.8) is 0 Å². The molecule has 150 valence electrons. The fourth-order valence-electron chi connectivity index (χ4n) is 2.64. The summed E-state index contributed by atoms with van der Waals surface area (Å²) in [5.41, 5.74) is 0.401. The summed E-state index contributed by atoms with van der Waals surface area (Å²) in [6.07, 6.45) is 3.16. The summed E-state index contributed by atoms with van der Waals surface area (Å²) in [4.78, 5) is 35.4. The molecule has 0 saturated carbocycles. The van der Waals surface area contributed by atoms with Crippen molar-refractivity contribution in [3.8, 4) is 0 Å². The van der Waals surface area contributed by atoms with E-state index < -0.39 is 11.0 Å². The van der Waals surface area contributed by atoms with Crippen LogP contribution < -0.4 is 10.6 Å². The van der Waals surface area contributed by atoms with Gasteiger partial charge in [-0.05, 0) is 30.9 Å². The summed E-state index contributed by atoms with van der Waals surface area (Å²) in [5.74, 6) is -0.0788. The van der Waals surface area contributed by atoms with Gasteiger partial charge in [-0.3, -0.25) is 19.7 Å². The maximum absolute atomic E-state index is 12.6. The summed E-state index contributed by atoms with van der Waals surface area (Å²) in [6.45, 7) is 6.02. The zero-order valence-electron chi connectivity index (χ0n) is 16.1. The van der Waals surface area contributed by atoms with Crippen molar-refractivity contribution < 1.29 is 14.5 Å². The molecule has 0 bridgehead atoms. The molecule has 0 fully saturated rings. The van der Waals surface area contributed by atoms with E-state index in [2.05, 4.69) is 30.2 Å². The van der Waals surface area contributed by atoms with Crippen LogP contribution in [0.1, 0.15) is 46.5 Å². The molecule has 0 aliphatic rings. The lowest BCUT2D eigenvalue weighted by molar-refractivity contribution is -0.384. The van der Waals surface area contributed by atoms with E-state index in [4.69, 9.17) is 0 Å². The predicted molar refractivity (Wildman–Crippen MR) is 110 cm³/mol. The summed E-state index contributed by atoms with van der Waals surface area (Å²) in [7, 11) is 0. The quantitative estimate of drug-likeness (QED) is 0.301. The van der Waals surface area contributed by atoms with Crippen molar-refractivity contribution in [3.05, 3.63) is 34.4 Å². The molecule has 1 rings (SSSR count). The van der Waals surface area contributed by atoms with Crippen LogP contribution in [-0.2, 0) is 9.59 Å². The molecule has 0 spiro atoms. The molecular formula is C19H29N3O4S. The Kier molecular flexibility index (Phi) is 9.85. The molecule has 2 atom stereocenters. The molecule has 0 aliphatic heterocycles. The number of thiol groups is 1. The SMILES string of the molecule is CCCCC(CS)C(=O)NC(CC(C)C)C(=O)Nc1ccc([N+](=O)[O-])cc1. The van der Waals surface area contributed by atoms with Gasteiger partial charge in [0.15, 0.2) is 0 Å². The van der Waals surface area contributed by atoms with Crippen molar-refractivity contribution >= 4 is 35.8 Å². The van der Waals surface area contributed by atoms with Gasteiger partial charge in [0.25, 0.3) is 5.69 Å². The summed E-state index contributed by atoms with van der Waals surface area (Å²) < 4.78 is 0. The van der Waals surface area contributed by atoms with E-state index in [0.29, 0.717) is 17.9 Å². The van der Waals surface area contributed by atoms with E-state index in [0.717, 1.165) is 19.3 Å². The standard InChI is InChI=1S/C19H29N3O4S/c1-4-5-6-14(12-27)18(23)21-17(11-13(2)3)19(24)20-15-7-9-16(10-8-15)22(25)26/h7-10,13-14,17,27H,4-6,11-12H2,1-3H3,(H,20,24)(H,21,23). The number of nitrogens with zero attached hydrogens (tertiary/aromatic N) is 1. The molecule has 0 aliphatic carbocycles. The van der Waals surface area contributed by atoms with E-state index in [9.17, 15) is 19.7 Å². The lowest BCUT2D eigenvalue weighted by atomic mass is 9.99. The number of hydrogen-bond donors (Lipinski definition) is 3. The van der Waals surface area contributed by atoms with Crippen molar-refractivity contribution in [2.75, 3.05) is 11.1 Å². The lowest BCUT2D eigenvalue weighted by Gasteiger charge is -2.23. The molecule has 0 radical (unpaired) electrons. The number of rotatable bonds is 11. The van der Waals surface area contributed by atoms with E-state index in [1.807, 2.05) is 13.8 Å². The molecule has 0 heterocycles. The normalized spacial score (nSPS) is 13.1. The monoisotopic (exact) mass is 395 g/mol. The molecular weight excluding hydrogens is 366 g/mol. The molecule has 0 aromatic heterocycles. The number of unbranched alkanes of at least 4 members (excludes halogenated alkanes) is 1. The van der Waals surface area contributed by atoms with Gasteiger partial charge in [0.1, 0.15) is 6.04 Å². The Morgan fingerprint density at radius 3 is 2.30 bits per heavy atom. The molecule has 2 N–H and O–H groups in total. The number of nitrogens with one attached hydrogen (secondary N) is 2. The third-order valence-electron chi connectivity index (χ3n) is 4.18. The van der Waals surface area contributed by atoms with Crippen LogP contribution in [0, 0.1) is 22.0 Å². The Balaban J connectivity index is 2.80. The molecule has 27 heavy (non-hydrogen) atoms. The van der Waals surface area contributed by atoms with Gasteiger partial charge in [0, 0.05) is 29.5 Å². The van der Waals surface area contributed by atoms with Gasteiger partial charge in [0.2, 0.25) is 11.8 Å². The first-order chi connectivity index (χ1) is 12.8. The maximum atomic E-state index is 12.6. The molecule has 2 amide bonds. The second-order valence-electron chi connectivity index (χ2n) is 7.01. The van der Waals surface area contributed by atoms with Gasteiger partial charge in [0.05, 0.1) is 4.92 Å². The van der Waals surface area contributed by atoms with Crippen LogP contribution in [0.15, 0.2) is 24.3 Å². The Labute approximate surface area is 165 Å². The van der Waals surface area contributed by atoms with E-state index >= 15 is 0 Å². The third kappa shape index (κ3) is 7.99. The number of amides is 2. The van der Waals surface area contributed by atoms with E-state index in [1.54, 1.807) is 0 Å². The van der Waals surface area contributed by atoms with Gasteiger partial charge in [-0.1, -0.05) is 33.6 Å². The minimum atomic E-state index is -0.670. The first-order valence-corrected chi connectivity index (χ1v) is 9.88. The maximum Gasteiger partial charge on any atom is 0.269 e. The fourth-order valence-corrected chi connectivity index (χ4v) is 2.99. The highest BCUT2D eigenvalue weighted by Gasteiger charge is 2.25. The number of nitro benzene ring substituents is 1. The van der Waals surface area contributed by atoms with Crippen LogP contribution in [-0.4, -0.2) is 28.5 Å². The number of anilines is 1. The smallest absolute Gasteiger partial charge is 0.269 e. The average Bonchev–Trinajstić information content (AvgIpc) is 2.61. The minimum absolute atomic E-state index is 0.0485. The van der Waals surface area contributed by atoms with Crippen LogP contribution in [0.25, 0.3) is 0 Å². The van der Waals surface area contributed by atoms with Gasteiger partial charge in [-0.15, -0.1) is 0 Å². The Hall–Kier alpha value is -2.09. The molecule has 2 unspecified atom stereocenters. The van der Waals surface area contributed by atoms with Gasteiger partial charge in [-0.25, -0.2) is 0 Å².